The maximum atomic E-state index is 12.6. The summed E-state index contributed by atoms with van der Waals surface area (Å²) in [7, 11) is 1.63. The van der Waals surface area contributed by atoms with Crippen LogP contribution in [0.4, 0.5) is 0 Å². The van der Waals surface area contributed by atoms with Crippen LogP contribution >= 0.6 is 0 Å². The van der Waals surface area contributed by atoms with Crippen LogP contribution in [0.15, 0.2) is 47.9 Å². The van der Waals surface area contributed by atoms with Crippen molar-refractivity contribution >= 4 is 16.8 Å². The quantitative estimate of drug-likeness (QED) is 0.686. The smallest absolute Gasteiger partial charge is 0.261 e. The van der Waals surface area contributed by atoms with E-state index in [2.05, 4.69) is 15.3 Å². The molecular formula is C18H21N5O3. The third-order valence-electron chi connectivity index (χ3n) is 4.27. The fourth-order valence-corrected chi connectivity index (χ4v) is 2.70. The monoisotopic (exact) mass is 355 g/mol. The Balaban J connectivity index is 1.72. The van der Waals surface area contributed by atoms with Gasteiger partial charge >= 0.3 is 0 Å². The number of para-hydroxylation sites is 1. The Morgan fingerprint density at radius 1 is 1.31 bits per heavy atom. The predicted molar refractivity (Wildman–Crippen MR) is 96.7 cm³/mol. The van der Waals surface area contributed by atoms with E-state index in [1.165, 1.54) is 10.9 Å². The number of benzene rings is 1. The number of ether oxygens (including phenoxy) is 1. The second-order valence-corrected chi connectivity index (χ2v) is 5.94. The van der Waals surface area contributed by atoms with Gasteiger partial charge in [-0.1, -0.05) is 12.1 Å². The number of carbonyl (C=O) groups is 1. The third kappa shape index (κ3) is 3.65. The molecule has 0 saturated heterocycles. The van der Waals surface area contributed by atoms with Crippen LogP contribution in [0.5, 0.6) is 0 Å². The normalized spacial score (nSPS) is 12.2. The average Bonchev–Trinajstić information content (AvgIpc) is 3.11. The summed E-state index contributed by atoms with van der Waals surface area (Å²) in [6, 6.07) is 6.41. The molecule has 0 unspecified atom stereocenters. The molecule has 8 heteroatoms. The minimum atomic E-state index is -0.671. The van der Waals surface area contributed by atoms with Gasteiger partial charge in [-0.2, -0.15) is 0 Å². The lowest BCUT2D eigenvalue weighted by molar-refractivity contribution is -0.124. The SMILES string of the molecule is COCCn1cncc1CNC(=O)[C@@H](C)n1cnc2ccccc2c1=O. The van der Waals surface area contributed by atoms with Gasteiger partial charge in [0, 0.05) is 19.9 Å². The van der Waals surface area contributed by atoms with E-state index in [0.717, 1.165) is 5.69 Å². The Kier molecular flexibility index (Phi) is 5.43. The van der Waals surface area contributed by atoms with Crippen molar-refractivity contribution in [2.45, 2.75) is 26.1 Å². The summed E-state index contributed by atoms with van der Waals surface area (Å²) in [5.41, 5.74) is 1.25. The van der Waals surface area contributed by atoms with Gasteiger partial charge in [-0.15, -0.1) is 0 Å². The summed E-state index contributed by atoms with van der Waals surface area (Å²) in [6.07, 6.45) is 4.81. The number of amides is 1. The second kappa shape index (κ2) is 7.92. The van der Waals surface area contributed by atoms with Gasteiger partial charge in [0.1, 0.15) is 6.04 Å². The number of fused-ring (bicyclic) bond motifs is 1. The summed E-state index contributed by atoms with van der Waals surface area (Å²) in [5.74, 6) is -0.260. The fraction of sp³-hybridized carbons (Fsp3) is 0.333. The Morgan fingerprint density at radius 2 is 2.12 bits per heavy atom. The molecule has 0 aliphatic rings. The van der Waals surface area contributed by atoms with E-state index in [0.29, 0.717) is 30.6 Å². The molecule has 2 heterocycles. The Hall–Kier alpha value is -3.00. The topological polar surface area (TPSA) is 91.0 Å². The summed E-state index contributed by atoms with van der Waals surface area (Å²) in [4.78, 5) is 33.4. The highest BCUT2D eigenvalue weighted by molar-refractivity contribution is 5.81. The number of methoxy groups -OCH3 is 1. The molecule has 0 bridgehead atoms. The lowest BCUT2D eigenvalue weighted by atomic mass is 10.2. The van der Waals surface area contributed by atoms with Crippen LogP contribution in [0.25, 0.3) is 10.9 Å². The van der Waals surface area contributed by atoms with Gasteiger partial charge in [-0.3, -0.25) is 14.2 Å². The summed E-state index contributed by atoms with van der Waals surface area (Å²) >= 11 is 0. The minimum absolute atomic E-state index is 0.233. The highest BCUT2D eigenvalue weighted by atomic mass is 16.5. The molecule has 1 amide bonds. The lowest BCUT2D eigenvalue weighted by Crippen LogP contribution is -2.36. The molecule has 3 rings (SSSR count). The maximum absolute atomic E-state index is 12.6. The molecule has 3 aromatic rings. The zero-order chi connectivity index (χ0) is 18.5. The van der Waals surface area contributed by atoms with Gasteiger partial charge in [0.25, 0.3) is 5.56 Å². The molecule has 0 radical (unpaired) electrons. The van der Waals surface area contributed by atoms with E-state index in [-0.39, 0.29) is 11.5 Å². The number of rotatable bonds is 7. The summed E-state index contributed by atoms with van der Waals surface area (Å²) in [6.45, 7) is 3.22. The second-order valence-electron chi connectivity index (χ2n) is 5.94. The summed E-state index contributed by atoms with van der Waals surface area (Å²) in [5, 5.41) is 3.34. The van der Waals surface area contributed by atoms with Crippen LogP contribution in [-0.2, 0) is 22.6 Å². The van der Waals surface area contributed by atoms with Crippen molar-refractivity contribution in [3.8, 4) is 0 Å². The standard InChI is InChI=1S/C18H21N5O3/c1-13(23-12-21-16-6-4-3-5-15(16)18(23)25)17(24)20-10-14-9-19-11-22(14)7-8-26-2/h3-6,9,11-13H,7-8,10H2,1-2H3,(H,20,24)/t13-/m1/s1. The largest absolute Gasteiger partial charge is 0.383 e. The van der Waals surface area contributed by atoms with E-state index in [1.54, 1.807) is 44.8 Å². The van der Waals surface area contributed by atoms with Crippen molar-refractivity contribution < 1.29 is 9.53 Å². The molecule has 0 spiro atoms. The zero-order valence-corrected chi connectivity index (χ0v) is 14.8. The predicted octanol–water partition coefficient (Wildman–Crippen LogP) is 1.12. The molecule has 0 fully saturated rings. The first-order valence-electron chi connectivity index (χ1n) is 8.33. The van der Waals surface area contributed by atoms with Gasteiger partial charge in [0.2, 0.25) is 5.91 Å². The average molecular weight is 355 g/mol. The highest BCUT2D eigenvalue weighted by Crippen LogP contribution is 2.09. The first-order chi connectivity index (χ1) is 12.6. The number of hydrogen-bond acceptors (Lipinski definition) is 5. The van der Waals surface area contributed by atoms with Crippen LogP contribution < -0.4 is 10.9 Å². The van der Waals surface area contributed by atoms with E-state index in [9.17, 15) is 9.59 Å². The number of nitrogens with one attached hydrogen (secondary N) is 1. The molecule has 1 atom stereocenters. The minimum Gasteiger partial charge on any atom is -0.383 e. The molecule has 0 aliphatic carbocycles. The van der Waals surface area contributed by atoms with Crippen LogP contribution in [0.1, 0.15) is 18.7 Å². The van der Waals surface area contributed by atoms with Gasteiger partial charge in [0.15, 0.2) is 0 Å². The molecule has 2 aromatic heterocycles. The molecule has 1 aromatic carbocycles. The van der Waals surface area contributed by atoms with Crippen molar-refractivity contribution in [1.29, 1.82) is 0 Å². The Labute approximate surface area is 150 Å². The summed E-state index contributed by atoms with van der Waals surface area (Å²) < 4.78 is 8.32. The van der Waals surface area contributed by atoms with Crippen LogP contribution in [0.2, 0.25) is 0 Å². The van der Waals surface area contributed by atoms with Crippen LogP contribution in [-0.4, -0.2) is 38.7 Å². The van der Waals surface area contributed by atoms with E-state index in [4.69, 9.17) is 4.74 Å². The number of imidazole rings is 1. The fourth-order valence-electron chi connectivity index (χ4n) is 2.70. The van der Waals surface area contributed by atoms with E-state index >= 15 is 0 Å². The van der Waals surface area contributed by atoms with Crippen molar-refractivity contribution in [2.75, 3.05) is 13.7 Å². The lowest BCUT2D eigenvalue weighted by Gasteiger charge is -2.16. The molecule has 8 nitrogen and oxygen atoms in total. The van der Waals surface area contributed by atoms with Crippen molar-refractivity contribution in [3.63, 3.8) is 0 Å². The number of hydrogen-bond donors (Lipinski definition) is 1. The molecule has 1 N–H and O–H groups in total. The number of carbonyl (C=O) groups excluding carboxylic acids is 1. The van der Waals surface area contributed by atoms with Crippen molar-refractivity contribution in [3.05, 3.63) is 59.2 Å². The van der Waals surface area contributed by atoms with Crippen molar-refractivity contribution in [1.82, 2.24) is 24.4 Å². The molecule has 0 aliphatic heterocycles. The first-order valence-corrected chi connectivity index (χ1v) is 8.33. The number of nitrogens with zero attached hydrogens (tertiary/aromatic N) is 4. The van der Waals surface area contributed by atoms with Gasteiger partial charge < -0.3 is 14.6 Å². The highest BCUT2D eigenvalue weighted by Gasteiger charge is 2.17. The third-order valence-corrected chi connectivity index (χ3v) is 4.27. The molecule has 26 heavy (non-hydrogen) atoms. The molecule has 0 saturated carbocycles. The van der Waals surface area contributed by atoms with Gasteiger partial charge in [-0.05, 0) is 19.1 Å². The zero-order valence-electron chi connectivity index (χ0n) is 14.8. The van der Waals surface area contributed by atoms with Crippen molar-refractivity contribution in [2.24, 2.45) is 0 Å². The number of aromatic nitrogens is 4. The van der Waals surface area contributed by atoms with Crippen LogP contribution in [0, 0.1) is 0 Å². The van der Waals surface area contributed by atoms with Crippen LogP contribution in [0.3, 0.4) is 0 Å². The van der Waals surface area contributed by atoms with E-state index < -0.39 is 6.04 Å². The first kappa shape index (κ1) is 17.8. The Morgan fingerprint density at radius 3 is 2.92 bits per heavy atom. The molecule has 136 valence electrons. The maximum Gasteiger partial charge on any atom is 0.261 e. The van der Waals surface area contributed by atoms with E-state index in [1.807, 2.05) is 10.6 Å². The van der Waals surface area contributed by atoms with Gasteiger partial charge in [0.05, 0.1) is 42.4 Å². The van der Waals surface area contributed by atoms with Gasteiger partial charge in [-0.25, -0.2) is 9.97 Å². The Bertz CT molecular complexity index is 963. The molecular weight excluding hydrogens is 334 g/mol.